The van der Waals surface area contributed by atoms with Crippen LogP contribution in [0.1, 0.15) is 18.9 Å². The van der Waals surface area contributed by atoms with E-state index in [-0.39, 0.29) is 6.29 Å². The Balaban J connectivity index is 2.19. The van der Waals surface area contributed by atoms with Gasteiger partial charge in [0.2, 0.25) is 0 Å². The molecule has 0 amide bonds. The first-order chi connectivity index (χ1) is 8.26. The van der Waals surface area contributed by atoms with Crippen molar-refractivity contribution < 1.29 is 9.47 Å². The molecule has 0 fully saturated rings. The van der Waals surface area contributed by atoms with E-state index in [9.17, 15) is 0 Å². The minimum atomic E-state index is -0.158. The van der Waals surface area contributed by atoms with E-state index in [1.54, 1.807) is 14.2 Å². The Morgan fingerprint density at radius 3 is 2.35 bits per heavy atom. The van der Waals surface area contributed by atoms with Crippen LogP contribution in [-0.4, -0.2) is 33.1 Å². The molecule has 0 spiro atoms. The quantitative estimate of drug-likeness (QED) is 0.703. The Hall–Kier alpha value is -0.900. The molecule has 1 atom stereocenters. The molecule has 1 rings (SSSR count). The standard InChI is InChI=1S/C14H23NO2/c1-12(15-11-14(16-2)17-3)9-10-13-7-5-4-6-8-13/h4-8,12,14-15H,9-11H2,1-3H3. The third-order valence-corrected chi connectivity index (χ3v) is 2.87. The lowest BCUT2D eigenvalue weighted by Gasteiger charge is -2.18. The van der Waals surface area contributed by atoms with E-state index in [2.05, 4.69) is 36.5 Å². The summed E-state index contributed by atoms with van der Waals surface area (Å²) in [7, 11) is 3.31. The van der Waals surface area contributed by atoms with E-state index in [1.165, 1.54) is 5.56 Å². The predicted molar refractivity (Wildman–Crippen MR) is 70.0 cm³/mol. The molecule has 17 heavy (non-hydrogen) atoms. The van der Waals surface area contributed by atoms with Gasteiger partial charge in [-0.25, -0.2) is 0 Å². The molecule has 1 unspecified atom stereocenters. The van der Waals surface area contributed by atoms with Crippen LogP contribution in [0.2, 0.25) is 0 Å². The molecule has 0 aromatic heterocycles. The van der Waals surface area contributed by atoms with E-state index in [0.717, 1.165) is 19.4 Å². The van der Waals surface area contributed by atoms with Gasteiger partial charge >= 0.3 is 0 Å². The van der Waals surface area contributed by atoms with Crippen molar-refractivity contribution >= 4 is 0 Å². The second-order valence-corrected chi connectivity index (χ2v) is 4.23. The third kappa shape index (κ3) is 5.82. The number of aryl methyl sites for hydroxylation is 1. The maximum Gasteiger partial charge on any atom is 0.169 e. The zero-order valence-electron chi connectivity index (χ0n) is 11.0. The van der Waals surface area contributed by atoms with Gasteiger partial charge in [-0.3, -0.25) is 0 Å². The highest BCUT2D eigenvalue weighted by molar-refractivity contribution is 5.14. The average molecular weight is 237 g/mol. The Labute approximate surface area is 104 Å². The number of ether oxygens (including phenoxy) is 2. The number of methoxy groups -OCH3 is 2. The van der Waals surface area contributed by atoms with Crippen molar-refractivity contribution in [1.82, 2.24) is 5.32 Å². The van der Waals surface area contributed by atoms with Gasteiger partial charge in [0.05, 0.1) is 0 Å². The van der Waals surface area contributed by atoms with Crippen molar-refractivity contribution in [3.05, 3.63) is 35.9 Å². The molecule has 0 heterocycles. The molecule has 3 nitrogen and oxygen atoms in total. The number of rotatable bonds is 8. The van der Waals surface area contributed by atoms with Crippen LogP contribution in [0, 0.1) is 0 Å². The lowest BCUT2D eigenvalue weighted by Crippen LogP contribution is -2.35. The summed E-state index contributed by atoms with van der Waals surface area (Å²) >= 11 is 0. The van der Waals surface area contributed by atoms with Gasteiger partial charge in [0.1, 0.15) is 0 Å². The zero-order valence-corrected chi connectivity index (χ0v) is 11.0. The van der Waals surface area contributed by atoms with Crippen molar-refractivity contribution in [2.24, 2.45) is 0 Å². The fourth-order valence-corrected chi connectivity index (χ4v) is 1.69. The van der Waals surface area contributed by atoms with E-state index in [1.807, 2.05) is 6.07 Å². The van der Waals surface area contributed by atoms with Gasteiger partial charge in [-0.15, -0.1) is 0 Å². The zero-order chi connectivity index (χ0) is 12.5. The Morgan fingerprint density at radius 1 is 1.12 bits per heavy atom. The molecular formula is C14H23NO2. The van der Waals surface area contributed by atoms with Gasteiger partial charge in [0.25, 0.3) is 0 Å². The SMILES string of the molecule is COC(CNC(C)CCc1ccccc1)OC. The largest absolute Gasteiger partial charge is 0.355 e. The smallest absolute Gasteiger partial charge is 0.169 e. The van der Waals surface area contributed by atoms with Gasteiger partial charge in [-0.1, -0.05) is 30.3 Å². The fraction of sp³-hybridized carbons (Fsp3) is 0.571. The monoisotopic (exact) mass is 237 g/mol. The Bertz CT molecular complexity index is 286. The molecule has 0 bridgehead atoms. The maximum atomic E-state index is 5.13. The molecule has 3 heteroatoms. The molecule has 0 aliphatic heterocycles. The van der Waals surface area contributed by atoms with Crippen molar-refractivity contribution in [3.63, 3.8) is 0 Å². The number of benzene rings is 1. The van der Waals surface area contributed by atoms with Gasteiger partial charge in [-0.2, -0.15) is 0 Å². The number of hydrogen-bond donors (Lipinski definition) is 1. The Kier molecular flexibility index (Phi) is 6.86. The highest BCUT2D eigenvalue weighted by Crippen LogP contribution is 2.04. The summed E-state index contributed by atoms with van der Waals surface area (Å²) in [5.74, 6) is 0. The summed E-state index contributed by atoms with van der Waals surface area (Å²) in [6, 6.07) is 11.0. The van der Waals surface area contributed by atoms with E-state index in [0.29, 0.717) is 6.04 Å². The fourth-order valence-electron chi connectivity index (χ4n) is 1.69. The van der Waals surface area contributed by atoms with Crippen molar-refractivity contribution in [3.8, 4) is 0 Å². The van der Waals surface area contributed by atoms with Crippen LogP contribution in [0.25, 0.3) is 0 Å². The molecule has 0 radical (unpaired) electrons. The van der Waals surface area contributed by atoms with E-state index >= 15 is 0 Å². The van der Waals surface area contributed by atoms with Crippen molar-refractivity contribution in [2.45, 2.75) is 32.1 Å². The summed E-state index contributed by atoms with van der Waals surface area (Å²) in [5.41, 5.74) is 1.39. The molecule has 0 aliphatic rings. The van der Waals surface area contributed by atoms with Crippen LogP contribution in [-0.2, 0) is 15.9 Å². The van der Waals surface area contributed by atoms with Crippen LogP contribution in [0.15, 0.2) is 30.3 Å². The highest BCUT2D eigenvalue weighted by Gasteiger charge is 2.07. The van der Waals surface area contributed by atoms with Crippen LogP contribution >= 0.6 is 0 Å². The molecule has 1 aromatic rings. The summed E-state index contributed by atoms with van der Waals surface area (Å²) in [6.45, 7) is 2.91. The van der Waals surface area contributed by atoms with Crippen molar-refractivity contribution in [1.29, 1.82) is 0 Å². The van der Waals surface area contributed by atoms with Crippen LogP contribution in [0.5, 0.6) is 0 Å². The molecule has 96 valence electrons. The second kappa shape index (κ2) is 8.23. The first-order valence-corrected chi connectivity index (χ1v) is 6.09. The Morgan fingerprint density at radius 2 is 1.76 bits per heavy atom. The maximum absolute atomic E-state index is 5.13. The summed E-state index contributed by atoms with van der Waals surface area (Å²) in [4.78, 5) is 0. The minimum absolute atomic E-state index is 0.158. The first-order valence-electron chi connectivity index (χ1n) is 6.09. The normalized spacial score (nSPS) is 12.9. The van der Waals surface area contributed by atoms with Crippen LogP contribution in [0.3, 0.4) is 0 Å². The lowest BCUT2D eigenvalue weighted by atomic mass is 10.1. The average Bonchev–Trinajstić information content (AvgIpc) is 2.39. The lowest BCUT2D eigenvalue weighted by molar-refractivity contribution is -0.0997. The number of hydrogen-bond acceptors (Lipinski definition) is 3. The van der Waals surface area contributed by atoms with Gasteiger partial charge in [0.15, 0.2) is 6.29 Å². The first kappa shape index (κ1) is 14.2. The predicted octanol–water partition coefficient (Wildman–Crippen LogP) is 2.22. The molecular weight excluding hydrogens is 214 g/mol. The van der Waals surface area contributed by atoms with E-state index < -0.39 is 0 Å². The molecule has 0 saturated heterocycles. The summed E-state index contributed by atoms with van der Waals surface area (Å²) in [6.07, 6.45) is 2.05. The van der Waals surface area contributed by atoms with Crippen molar-refractivity contribution in [2.75, 3.05) is 20.8 Å². The van der Waals surface area contributed by atoms with Crippen LogP contribution < -0.4 is 5.32 Å². The number of nitrogens with one attached hydrogen (secondary N) is 1. The molecule has 1 aromatic carbocycles. The van der Waals surface area contributed by atoms with Gasteiger partial charge in [-0.05, 0) is 25.3 Å². The van der Waals surface area contributed by atoms with E-state index in [4.69, 9.17) is 9.47 Å². The second-order valence-electron chi connectivity index (χ2n) is 4.23. The summed E-state index contributed by atoms with van der Waals surface area (Å²) in [5, 5.41) is 3.40. The topological polar surface area (TPSA) is 30.5 Å². The highest BCUT2D eigenvalue weighted by atomic mass is 16.7. The third-order valence-electron chi connectivity index (χ3n) is 2.87. The summed E-state index contributed by atoms with van der Waals surface area (Å²) < 4.78 is 10.3. The van der Waals surface area contributed by atoms with Crippen LogP contribution in [0.4, 0.5) is 0 Å². The van der Waals surface area contributed by atoms with Gasteiger partial charge in [0, 0.05) is 26.8 Å². The molecule has 0 saturated carbocycles. The molecule has 1 N–H and O–H groups in total. The molecule has 0 aliphatic carbocycles. The van der Waals surface area contributed by atoms with Gasteiger partial charge < -0.3 is 14.8 Å². The minimum Gasteiger partial charge on any atom is -0.355 e.